The third-order valence-electron chi connectivity index (χ3n) is 5.81. The first kappa shape index (κ1) is 30.7. The van der Waals surface area contributed by atoms with Gasteiger partial charge in [0.1, 0.15) is 0 Å². The van der Waals surface area contributed by atoms with Crippen LogP contribution in [-0.4, -0.2) is 25.2 Å². The largest absolute Gasteiger partial charge is 0.466 e. The van der Waals surface area contributed by atoms with Gasteiger partial charge in [-0.15, -0.1) is 6.58 Å². The Bertz CT molecular complexity index is 458. The Morgan fingerprint density at radius 2 is 0.906 bits per heavy atom. The number of ether oxygens (including phenoxy) is 2. The van der Waals surface area contributed by atoms with Gasteiger partial charge in [-0.25, -0.2) is 0 Å². The van der Waals surface area contributed by atoms with Crippen LogP contribution in [-0.2, 0) is 19.1 Å². The van der Waals surface area contributed by atoms with Crippen LogP contribution in [0.5, 0.6) is 0 Å². The molecular weight excluding hydrogens is 400 g/mol. The van der Waals surface area contributed by atoms with E-state index in [4.69, 9.17) is 9.47 Å². The standard InChI is InChI=1S/C28H52O4/c1-4-5-6-7-8-9-10-11-14-17-20-24-31-27(29)21-18-15-12-13-16-19-22-28(30)32-25-23-26(2)3/h2,4-25H2,1,3H3. The van der Waals surface area contributed by atoms with Crippen LogP contribution in [0.4, 0.5) is 0 Å². The van der Waals surface area contributed by atoms with Crippen molar-refractivity contribution in [1.82, 2.24) is 0 Å². The maximum Gasteiger partial charge on any atom is 0.305 e. The summed E-state index contributed by atoms with van der Waals surface area (Å²) in [5.74, 6) is -0.151. The summed E-state index contributed by atoms with van der Waals surface area (Å²) in [6, 6.07) is 0. The lowest BCUT2D eigenvalue weighted by Crippen LogP contribution is -2.06. The van der Waals surface area contributed by atoms with E-state index in [-0.39, 0.29) is 11.9 Å². The van der Waals surface area contributed by atoms with E-state index >= 15 is 0 Å². The van der Waals surface area contributed by atoms with Crippen LogP contribution < -0.4 is 0 Å². The third-order valence-corrected chi connectivity index (χ3v) is 5.81. The summed E-state index contributed by atoms with van der Waals surface area (Å²) in [7, 11) is 0. The van der Waals surface area contributed by atoms with Gasteiger partial charge in [0.15, 0.2) is 0 Å². The molecule has 0 aliphatic carbocycles. The SMILES string of the molecule is C=C(C)CCOC(=O)CCCCCCCCC(=O)OCCCCCCCCCCCCC. The minimum atomic E-state index is -0.105. The smallest absolute Gasteiger partial charge is 0.305 e. The Morgan fingerprint density at radius 3 is 1.34 bits per heavy atom. The molecule has 188 valence electrons. The lowest BCUT2D eigenvalue weighted by molar-refractivity contribution is -0.144. The average molecular weight is 453 g/mol. The van der Waals surface area contributed by atoms with Gasteiger partial charge in [0.2, 0.25) is 0 Å². The van der Waals surface area contributed by atoms with Gasteiger partial charge in [-0.3, -0.25) is 9.59 Å². The van der Waals surface area contributed by atoms with Gasteiger partial charge in [-0.2, -0.15) is 0 Å². The van der Waals surface area contributed by atoms with Crippen molar-refractivity contribution in [2.24, 2.45) is 0 Å². The number of hydrogen-bond donors (Lipinski definition) is 0. The van der Waals surface area contributed by atoms with Crippen molar-refractivity contribution in [1.29, 1.82) is 0 Å². The van der Waals surface area contributed by atoms with Crippen LogP contribution in [0, 0.1) is 0 Å². The Balaban J connectivity index is 3.25. The van der Waals surface area contributed by atoms with E-state index in [1.165, 1.54) is 64.2 Å². The van der Waals surface area contributed by atoms with E-state index in [1.807, 2.05) is 6.92 Å². The molecule has 0 saturated carbocycles. The van der Waals surface area contributed by atoms with Crippen LogP contribution in [0.15, 0.2) is 12.2 Å². The average Bonchev–Trinajstić information content (AvgIpc) is 2.76. The van der Waals surface area contributed by atoms with E-state index in [1.54, 1.807) is 0 Å². The summed E-state index contributed by atoms with van der Waals surface area (Å²) in [6.07, 6.45) is 22.2. The number of esters is 2. The molecule has 0 aromatic carbocycles. The lowest BCUT2D eigenvalue weighted by Gasteiger charge is -2.06. The summed E-state index contributed by atoms with van der Waals surface area (Å²) >= 11 is 0. The molecule has 0 fully saturated rings. The normalized spacial score (nSPS) is 10.8. The van der Waals surface area contributed by atoms with E-state index < -0.39 is 0 Å². The van der Waals surface area contributed by atoms with E-state index in [0.717, 1.165) is 56.9 Å². The molecule has 0 radical (unpaired) electrons. The first-order valence-corrected chi connectivity index (χ1v) is 13.5. The molecule has 0 rings (SSSR count). The molecular formula is C28H52O4. The van der Waals surface area contributed by atoms with E-state index in [9.17, 15) is 9.59 Å². The minimum absolute atomic E-state index is 0.0467. The molecule has 0 saturated heterocycles. The zero-order chi connectivity index (χ0) is 23.7. The molecule has 0 heterocycles. The molecule has 0 aromatic rings. The highest BCUT2D eigenvalue weighted by Gasteiger charge is 2.04. The molecule has 0 aliphatic heterocycles. The maximum atomic E-state index is 11.8. The zero-order valence-electron chi connectivity index (χ0n) is 21.4. The second-order valence-corrected chi connectivity index (χ2v) is 9.30. The predicted octanol–water partition coefficient (Wildman–Crippen LogP) is 8.47. The topological polar surface area (TPSA) is 52.6 Å². The van der Waals surface area contributed by atoms with Crippen molar-refractivity contribution in [2.45, 2.75) is 142 Å². The third kappa shape index (κ3) is 24.9. The van der Waals surface area contributed by atoms with Gasteiger partial charge >= 0.3 is 11.9 Å². The molecule has 32 heavy (non-hydrogen) atoms. The van der Waals surface area contributed by atoms with Crippen LogP contribution in [0.1, 0.15) is 142 Å². The van der Waals surface area contributed by atoms with Crippen molar-refractivity contribution < 1.29 is 19.1 Å². The second-order valence-electron chi connectivity index (χ2n) is 9.30. The molecule has 0 N–H and O–H groups in total. The van der Waals surface area contributed by atoms with Crippen molar-refractivity contribution in [3.05, 3.63) is 12.2 Å². The number of carbonyl (C=O) groups is 2. The van der Waals surface area contributed by atoms with Gasteiger partial charge in [0, 0.05) is 19.3 Å². The molecule has 0 aromatic heterocycles. The van der Waals surface area contributed by atoms with Gasteiger partial charge < -0.3 is 9.47 Å². The molecule has 0 atom stereocenters. The van der Waals surface area contributed by atoms with Crippen LogP contribution >= 0.6 is 0 Å². The monoisotopic (exact) mass is 452 g/mol. The molecule has 0 unspecified atom stereocenters. The van der Waals surface area contributed by atoms with Gasteiger partial charge in [-0.05, 0) is 26.2 Å². The lowest BCUT2D eigenvalue weighted by atomic mass is 10.1. The fourth-order valence-corrected chi connectivity index (χ4v) is 3.68. The van der Waals surface area contributed by atoms with Crippen molar-refractivity contribution in [3.63, 3.8) is 0 Å². The minimum Gasteiger partial charge on any atom is -0.466 e. The maximum absolute atomic E-state index is 11.8. The first-order valence-electron chi connectivity index (χ1n) is 13.5. The Kier molecular flexibility index (Phi) is 23.3. The summed E-state index contributed by atoms with van der Waals surface area (Å²) in [4.78, 5) is 23.3. The number of carbonyl (C=O) groups excluding carboxylic acids is 2. The van der Waals surface area contributed by atoms with E-state index in [0.29, 0.717) is 26.1 Å². The molecule has 0 bridgehead atoms. The van der Waals surface area contributed by atoms with Crippen LogP contribution in [0.25, 0.3) is 0 Å². The number of unbranched alkanes of at least 4 members (excludes halogenated alkanes) is 15. The molecule has 0 aliphatic rings. The van der Waals surface area contributed by atoms with Crippen LogP contribution in [0.2, 0.25) is 0 Å². The van der Waals surface area contributed by atoms with Crippen molar-refractivity contribution >= 4 is 11.9 Å². The highest BCUT2D eigenvalue weighted by Crippen LogP contribution is 2.12. The molecule has 0 spiro atoms. The fraction of sp³-hybridized carbons (Fsp3) is 0.857. The molecule has 4 nitrogen and oxygen atoms in total. The van der Waals surface area contributed by atoms with Gasteiger partial charge in [-0.1, -0.05) is 102 Å². The van der Waals surface area contributed by atoms with Crippen molar-refractivity contribution in [2.75, 3.05) is 13.2 Å². The molecule has 4 heteroatoms. The second kappa shape index (κ2) is 24.3. The quantitative estimate of drug-likeness (QED) is 0.0837. The fourth-order valence-electron chi connectivity index (χ4n) is 3.68. The Labute approximate surface area is 198 Å². The van der Waals surface area contributed by atoms with Crippen molar-refractivity contribution in [3.8, 4) is 0 Å². The summed E-state index contributed by atoms with van der Waals surface area (Å²) in [5, 5.41) is 0. The Hall–Kier alpha value is -1.32. The van der Waals surface area contributed by atoms with Gasteiger partial charge in [0.05, 0.1) is 13.2 Å². The van der Waals surface area contributed by atoms with Crippen LogP contribution in [0.3, 0.4) is 0 Å². The summed E-state index contributed by atoms with van der Waals surface area (Å²) in [5.41, 5.74) is 1.04. The molecule has 0 amide bonds. The highest BCUT2D eigenvalue weighted by atomic mass is 16.5. The Morgan fingerprint density at radius 1 is 0.531 bits per heavy atom. The predicted molar refractivity (Wildman–Crippen MR) is 135 cm³/mol. The first-order chi connectivity index (χ1) is 15.6. The summed E-state index contributed by atoms with van der Waals surface area (Å²) in [6.45, 7) is 9.02. The summed E-state index contributed by atoms with van der Waals surface area (Å²) < 4.78 is 10.5. The highest BCUT2D eigenvalue weighted by molar-refractivity contribution is 5.69. The zero-order valence-corrected chi connectivity index (χ0v) is 21.4. The number of rotatable bonds is 24. The number of hydrogen-bond acceptors (Lipinski definition) is 4. The van der Waals surface area contributed by atoms with Gasteiger partial charge in [0.25, 0.3) is 0 Å². The van der Waals surface area contributed by atoms with E-state index in [2.05, 4.69) is 13.5 Å².